The number of benzene rings is 3. The molecule has 5 rings (SSSR count). The molecule has 0 spiro atoms. The van der Waals surface area contributed by atoms with E-state index >= 15 is 0 Å². The van der Waals surface area contributed by atoms with Crippen molar-refractivity contribution >= 4 is 29.7 Å². The molecular weight excluding hydrogens is 893 g/mol. The fourth-order valence-corrected chi connectivity index (χ4v) is 8.07. The Balaban J connectivity index is 0.000000318. The summed E-state index contributed by atoms with van der Waals surface area (Å²) in [5.74, 6) is 3.87. The zero-order valence-corrected chi connectivity index (χ0v) is 42.4. The first kappa shape index (κ1) is 56.7. The molecule has 2 amide bonds. The predicted octanol–water partition coefficient (Wildman–Crippen LogP) is 8.76. The molecule has 386 valence electrons. The Morgan fingerprint density at radius 1 is 0.600 bits per heavy atom. The van der Waals surface area contributed by atoms with E-state index in [1.807, 2.05) is 36.4 Å². The molecule has 0 unspecified atom stereocenters. The second-order valence-electron chi connectivity index (χ2n) is 19.9. The second-order valence-corrected chi connectivity index (χ2v) is 19.9. The highest BCUT2D eigenvalue weighted by Crippen LogP contribution is 2.24. The Morgan fingerprint density at radius 2 is 0.943 bits per heavy atom. The van der Waals surface area contributed by atoms with Gasteiger partial charge in [0.1, 0.15) is 40.1 Å². The lowest BCUT2D eigenvalue weighted by molar-refractivity contribution is 0.0551. The smallest absolute Gasteiger partial charge is 0.413 e. The highest BCUT2D eigenvalue weighted by molar-refractivity contribution is 6.05. The summed E-state index contributed by atoms with van der Waals surface area (Å²) >= 11 is 0. The molecular formula is C53H80N8O9. The van der Waals surface area contributed by atoms with Crippen molar-refractivity contribution < 1.29 is 43.6 Å². The summed E-state index contributed by atoms with van der Waals surface area (Å²) in [5.41, 5.74) is 6.21. The van der Waals surface area contributed by atoms with E-state index in [0.717, 1.165) is 100 Å². The molecule has 70 heavy (non-hydrogen) atoms. The molecule has 0 aromatic heterocycles. The van der Waals surface area contributed by atoms with Gasteiger partial charge >= 0.3 is 12.2 Å². The molecule has 2 heterocycles. The molecule has 8 N–H and O–H groups in total. The fraction of sp³-hybridized carbons (Fsp3) is 0.566. The maximum absolute atomic E-state index is 11.9. The standard InChI is InChI=1S/C30H43N5O5.C23H37N3O4/c1-30(2,3)40-29(36)33-27(31)23-7-11-26(12-8-23)39-21-5-17-35-18-15-22(16-19-35)6-4-20-38-25-13-9-24(10-14-25)28(32)34-37;1-23(2,3)30-22(28)25-21(24)19-7-9-20(10-8-19)29-17-5-13-26-14-11-18(12-15-26)6-4-16-27/h7-14,22,37H,4-6,15-21H2,1-3H3,(H2,32,34)(H2,31,33,36);7-10,18,27H,4-6,11-17H2,1-3H3,(H2,24,25,28). The van der Waals surface area contributed by atoms with Crippen molar-refractivity contribution in [2.75, 3.05) is 65.7 Å². The molecule has 2 saturated heterocycles. The molecule has 0 bridgehead atoms. The molecule has 2 aliphatic rings. The SMILES string of the molecule is CC(C)(C)OC(=O)NC(=N)c1ccc(OCCCN2CCC(CCCO)CC2)cc1.CC(C)(C)OC(=O)NC(=N)c1ccc(OCCCN2CCC(CCCOc3ccc(/C(N)=N/O)cc3)CC2)cc1. The number of likely N-dealkylation sites (tertiary alicyclic amines) is 2. The van der Waals surface area contributed by atoms with Crippen LogP contribution in [0, 0.1) is 22.7 Å². The van der Waals surface area contributed by atoms with Gasteiger partial charge in [0.2, 0.25) is 0 Å². The third-order valence-corrected chi connectivity index (χ3v) is 11.8. The first-order chi connectivity index (χ1) is 33.4. The number of hydrogen-bond acceptors (Lipinski definition) is 14. The van der Waals surface area contributed by atoms with Gasteiger partial charge in [0, 0.05) is 36.4 Å². The summed E-state index contributed by atoms with van der Waals surface area (Å²) < 4.78 is 27.9. The Morgan fingerprint density at radius 3 is 1.29 bits per heavy atom. The lowest BCUT2D eigenvalue weighted by Crippen LogP contribution is -2.36. The normalized spacial score (nSPS) is 15.2. The first-order valence-corrected chi connectivity index (χ1v) is 24.8. The van der Waals surface area contributed by atoms with Crippen LogP contribution in [0.2, 0.25) is 0 Å². The van der Waals surface area contributed by atoms with E-state index < -0.39 is 23.4 Å². The van der Waals surface area contributed by atoms with Crippen LogP contribution in [0.15, 0.2) is 78.0 Å². The van der Waals surface area contributed by atoms with Crippen LogP contribution in [0.3, 0.4) is 0 Å². The lowest BCUT2D eigenvalue weighted by Gasteiger charge is -2.32. The van der Waals surface area contributed by atoms with E-state index in [4.69, 9.17) is 50.6 Å². The first-order valence-electron chi connectivity index (χ1n) is 24.8. The van der Waals surface area contributed by atoms with Crippen molar-refractivity contribution in [3.63, 3.8) is 0 Å². The van der Waals surface area contributed by atoms with E-state index in [1.54, 1.807) is 77.9 Å². The van der Waals surface area contributed by atoms with Crippen molar-refractivity contribution in [1.29, 1.82) is 10.8 Å². The van der Waals surface area contributed by atoms with Gasteiger partial charge in [0.05, 0.1) is 19.8 Å². The second kappa shape index (κ2) is 29.3. The van der Waals surface area contributed by atoms with Gasteiger partial charge in [-0.05, 0) is 217 Å². The number of nitrogens with zero attached hydrogens (tertiary/aromatic N) is 3. The fourth-order valence-electron chi connectivity index (χ4n) is 8.07. The quantitative estimate of drug-likeness (QED) is 0.0174. The Hall–Kier alpha value is -5.91. The number of carbonyl (C=O) groups is 2. The molecule has 17 nitrogen and oxygen atoms in total. The number of carbonyl (C=O) groups excluding carboxylic acids is 2. The number of oxime groups is 1. The molecule has 0 atom stereocenters. The summed E-state index contributed by atoms with van der Waals surface area (Å²) in [6, 6.07) is 21.5. The van der Waals surface area contributed by atoms with Crippen LogP contribution in [0.5, 0.6) is 17.2 Å². The van der Waals surface area contributed by atoms with E-state index in [9.17, 15) is 9.59 Å². The van der Waals surface area contributed by atoms with Crippen molar-refractivity contribution in [1.82, 2.24) is 20.4 Å². The highest BCUT2D eigenvalue weighted by Gasteiger charge is 2.21. The third kappa shape index (κ3) is 22.7. The van der Waals surface area contributed by atoms with Crippen LogP contribution >= 0.6 is 0 Å². The minimum Gasteiger partial charge on any atom is -0.494 e. The number of aliphatic hydroxyl groups is 1. The van der Waals surface area contributed by atoms with Gasteiger partial charge in [-0.25, -0.2) is 9.59 Å². The summed E-state index contributed by atoms with van der Waals surface area (Å²) in [5, 5.41) is 41.6. The molecule has 0 aliphatic carbocycles. The number of amidine groups is 3. The average Bonchev–Trinajstić information content (AvgIpc) is 3.32. The van der Waals surface area contributed by atoms with Gasteiger partial charge in [0.25, 0.3) is 0 Å². The zero-order valence-electron chi connectivity index (χ0n) is 42.4. The van der Waals surface area contributed by atoms with Gasteiger partial charge in [-0.15, -0.1) is 0 Å². The molecule has 0 radical (unpaired) electrons. The maximum Gasteiger partial charge on any atom is 0.413 e. The molecule has 3 aromatic carbocycles. The Labute approximate surface area is 415 Å². The van der Waals surface area contributed by atoms with Crippen molar-refractivity contribution in [3.05, 3.63) is 89.5 Å². The number of alkyl carbamates (subject to hydrolysis) is 2. The molecule has 3 aromatic rings. The van der Waals surface area contributed by atoms with E-state index in [-0.39, 0.29) is 17.5 Å². The number of piperidine rings is 2. The summed E-state index contributed by atoms with van der Waals surface area (Å²) in [6.45, 7) is 19.5. The average molecular weight is 973 g/mol. The Kier molecular flexibility index (Phi) is 23.7. The lowest BCUT2D eigenvalue weighted by atomic mass is 9.92. The number of ether oxygens (including phenoxy) is 5. The van der Waals surface area contributed by atoms with Gasteiger partial charge in [0.15, 0.2) is 5.84 Å². The molecule has 2 fully saturated rings. The zero-order chi connectivity index (χ0) is 50.9. The van der Waals surface area contributed by atoms with Crippen LogP contribution < -0.4 is 30.6 Å². The molecule has 0 saturated carbocycles. The van der Waals surface area contributed by atoms with E-state index in [2.05, 4.69) is 25.6 Å². The summed E-state index contributed by atoms with van der Waals surface area (Å²) in [7, 11) is 0. The number of aliphatic hydroxyl groups excluding tert-OH is 1. The van der Waals surface area contributed by atoms with Gasteiger partial charge in [-0.3, -0.25) is 21.5 Å². The number of amides is 2. The topological polar surface area (TPSA) is 237 Å². The van der Waals surface area contributed by atoms with Gasteiger partial charge < -0.3 is 49.5 Å². The summed E-state index contributed by atoms with van der Waals surface area (Å²) in [6.07, 6.45) is 9.78. The number of rotatable bonds is 21. The van der Waals surface area contributed by atoms with E-state index in [1.165, 1.54) is 32.1 Å². The molecule has 2 aliphatic heterocycles. The number of hydrogen-bond donors (Lipinski definition) is 7. The van der Waals surface area contributed by atoms with Crippen molar-refractivity contribution in [2.45, 2.75) is 117 Å². The third-order valence-electron chi connectivity index (χ3n) is 11.8. The highest BCUT2D eigenvalue weighted by atomic mass is 16.6. The predicted molar refractivity (Wildman–Crippen MR) is 274 cm³/mol. The van der Waals surface area contributed by atoms with Crippen LogP contribution in [-0.4, -0.2) is 127 Å². The van der Waals surface area contributed by atoms with Gasteiger partial charge in [-0.2, -0.15) is 0 Å². The minimum atomic E-state index is -0.642. The van der Waals surface area contributed by atoms with Crippen LogP contribution in [-0.2, 0) is 9.47 Å². The van der Waals surface area contributed by atoms with Crippen LogP contribution in [0.25, 0.3) is 0 Å². The monoisotopic (exact) mass is 973 g/mol. The maximum atomic E-state index is 11.9. The van der Waals surface area contributed by atoms with Gasteiger partial charge in [-0.1, -0.05) is 5.16 Å². The van der Waals surface area contributed by atoms with Crippen LogP contribution in [0.4, 0.5) is 9.59 Å². The van der Waals surface area contributed by atoms with Crippen molar-refractivity contribution in [3.8, 4) is 17.2 Å². The van der Waals surface area contributed by atoms with E-state index in [0.29, 0.717) is 43.1 Å². The number of nitrogens with one attached hydrogen (secondary N) is 4. The summed E-state index contributed by atoms with van der Waals surface area (Å²) in [4.78, 5) is 28.6. The Bertz CT molecular complexity index is 2050. The van der Waals surface area contributed by atoms with Crippen molar-refractivity contribution in [2.24, 2.45) is 22.7 Å². The van der Waals surface area contributed by atoms with Crippen LogP contribution in [0.1, 0.15) is 122 Å². The minimum absolute atomic E-state index is 0.00167. The largest absolute Gasteiger partial charge is 0.494 e. The number of nitrogens with two attached hydrogens (primary N) is 1. The molecule has 17 heteroatoms.